The van der Waals surface area contributed by atoms with E-state index in [1.54, 1.807) is 41.3 Å². The highest BCUT2D eigenvalue weighted by molar-refractivity contribution is 7.89. The molecular formula is C24H28ClN5O3S. The number of amides is 1. The molecule has 2 heterocycles. The maximum atomic E-state index is 13.4. The summed E-state index contributed by atoms with van der Waals surface area (Å²) in [7, 11) is -3.90. The normalized spacial score (nSPS) is 17.6. The lowest BCUT2D eigenvalue weighted by molar-refractivity contribution is -0.138. The molecule has 1 atom stereocenters. The molecule has 1 amide bonds. The van der Waals surface area contributed by atoms with Gasteiger partial charge in [0.25, 0.3) is 10.0 Å². The zero-order chi connectivity index (χ0) is 24.6. The van der Waals surface area contributed by atoms with Gasteiger partial charge in [0, 0.05) is 40.6 Å². The molecule has 1 aliphatic rings. The Morgan fingerprint density at radius 2 is 1.91 bits per heavy atom. The van der Waals surface area contributed by atoms with Crippen LogP contribution in [-0.2, 0) is 21.4 Å². The number of benzene rings is 2. The Hall–Kier alpha value is -2.88. The molecule has 1 fully saturated rings. The molecule has 1 aromatic heterocycles. The number of hydrogen-bond donors (Lipinski definition) is 3. The Morgan fingerprint density at radius 1 is 1.21 bits per heavy atom. The number of aromatic nitrogens is 1. The minimum Gasteiger partial charge on any atom is -0.384 e. The van der Waals surface area contributed by atoms with E-state index in [1.807, 2.05) is 12.1 Å². The number of aromatic amines is 1. The molecule has 0 bridgehead atoms. The predicted octanol–water partition coefficient (Wildman–Crippen LogP) is 3.55. The van der Waals surface area contributed by atoms with E-state index >= 15 is 0 Å². The Labute approximate surface area is 204 Å². The molecular weight excluding hydrogens is 474 g/mol. The van der Waals surface area contributed by atoms with Crippen LogP contribution in [0.15, 0.2) is 53.6 Å². The third kappa shape index (κ3) is 4.96. The van der Waals surface area contributed by atoms with Crippen LogP contribution in [-0.4, -0.2) is 53.5 Å². The van der Waals surface area contributed by atoms with Gasteiger partial charge in [-0.05, 0) is 36.1 Å². The lowest BCUT2D eigenvalue weighted by Crippen LogP contribution is -2.57. The lowest BCUT2D eigenvalue weighted by atomic mass is 9.99. The Morgan fingerprint density at radius 3 is 2.56 bits per heavy atom. The highest BCUT2D eigenvalue weighted by atomic mass is 35.5. The highest BCUT2D eigenvalue weighted by Crippen LogP contribution is 2.28. The summed E-state index contributed by atoms with van der Waals surface area (Å²) in [4.78, 5) is 17.9. The monoisotopic (exact) mass is 501 g/mol. The van der Waals surface area contributed by atoms with Crippen LogP contribution in [0.4, 0.5) is 0 Å². The molecule has 1 saturated heterocycles. The van der Waals surface area contributed by atoms with Crippen molar-refractivity contribution in [2.75, 3.05) is 13.1 Å². The fourth-order valence-electron chi connectivity index (χ4n) is 4.33. The van der Waals surface area contributed by atoms with Crippen LogP contribution < -0.4 is 5.73 Å². The number of halogens is 1. The maximum absolute atomic E-state index is 13.4. The first-order valence-corrected chi connectivity index (χ1v) is 12.9. The Bertz CT molecular complexity index is 1330. The number of H-pyrrole nitrogens is 1. The molecule has 0 radical (unpaired) electrons. The maximum Gasteiger partial charge on any atom is 0.259 e. The van der Waals surface area contributed by atoms with Gasteiger partial charge >= 0.3 is 0 Å². The van der Waals surface area contributed by atoms with Crippen LogP contribution in [0.5, 0.6) is 0 Å². The number of sulfonamides is 1. The number of carbonyl (C=O) groups excluding carboxylic acids is 1. The summed E-state index contributed by atoms with van der Waals surface area (Å²) in [6, 6.07) is 13.6. The zero-order valence-corrected chi connectivity index (χ0v) is 20.7. The minimum atomic E-state index is -3.90. The molecule has 180 valence electrons. The second kappa shape index (κ2) is 9.40. The molecule has 4 N–H and O–H groups in total. The highest BCUT2D eigenvalue weighted by Gasteiger charge is 2.39. The number of amidine groups is 1. The molecule has 8 nitrogen and oxygen atoms in total. The minimum absolute atomic E-state index is 0.0154. The van der Waals surface area contributed by atoms with Crippen LogP contribution in [0.25, 0.3) is 10.9 Å². The fraction of sp³-hybridized carbons (Fsp3) is 0.333. The largest absolute Gasteiger partial charge is 0.384 e. The fourth-order valence-corrected chi connectivity index (χ4v) is 5.94. The summed E-state index contributed by atoms with van der Waals surface area (Å²) >= 11 is 6.04. The van der Waals surface area contributed by atoms with Crippen molar-refractivity contribution in [1.29, 1.82) is 5.41 Å². The van der Waals surface area contributed by atoms with Gasteiger partial charge in [-0.15, -0.1) is 0 Å². The molecule has 2 aromatic carbocycles. The van der Waals surface area contributed by atoms with E-state index < -0.39 is 10.0 Å². The second-order valence-corrected chi connectivity index (χ2v) is 11.4. The van der Waals surface area contributed by atoms with Crippen molar-refractivity contribution in [3.8, 4) is 0 Å². The van der Waals surface area contributed by atoms with Crippen molar-refractivity contribution in [3.05, 3.63) is 64.7 Å². The van der Waals surface area contributed by atoms with Crippen molar-refractivity contribution in [2.45, 2.75) is 37.9 Å². The summed E-state index contributed by atoms with van der Waals surface area (Å²) < 4.78 is 28.2. The summed E-state index contributed by atoms with van der Waals surface area (Å²) in [6.07, 6.45) is 0.672. The molecule has 3 aromatic rings. The summed E-state index contributed by atoms with van der Waals surface area (Å²) in [5, 5.41) is 8.84. The van der Waals surface area contributed by atoms with Gasteiger partial charge in [0.2, 0.25) is 5.91 Å². The van der Waals surface area contributed by atoms with Gasteiger partial charge in [-0.3, -0.25) is 10.2 Å². The summed E-state index contributed by atoms with van der Waals surface area (Å²) in [5.74, 6) is 0.0203. The molecule has 0 spiro atoms. The first-order chi connectivity index (χ1) is 16.0. The van der Waals surface area contributed by atoms with E-state index in [0.717, 1.165) is 10.9 Å². The topological polar surface area (TPSA) is 123 Å². The van der Waals surface area contributed by atoms with E-state index in [9.17, 15) is 13.2 Å². The zero-order valence-electron chi connectivity index (χ0n) is 19.1. The van der Waals surface area contributed by atoms with Gasteiger partial charge in [-0.1, -0.05) is 55.8 Å². The Kier molecular flexibility index (Phi) is 6.71. The summed E-state index contributed by atoms with van der Waals surface area (Å²) in [6.45, 7) is 4.47. The number of piperazine rings is 1. The van der Waals surface area contributed by atoms with E-state index in [4.69, 9.17) is 22.7 Å². The number of nitrogens with one attached hydrogen (secondary N) is 2. The van der Waals surface area contributed by atoms with Gasteiger partial charge in [-0.25, -0.2) is 8.42 Å². The average molecular weight is 502 g/mol. The predicted molar refractivity (Wildman–Crippen MR) is 133 cm³/mol. The van der Waals surface area contributed by atoms with Crippen LogP contribution >= 0.6 is 11.6 Å². The van der Waals surface area contributed by atoms with Crippen LogP contribution in [0.1, 0.15) is 31.4 Å². The number of nitrogens with zero attached hydrogens (tertiary/aromatic N) is 2. The van der Waals surface area contributed by atoms with Crippen molar-refractivity contribution in [3.63, 3.8) is 0 Å². The van der Waals surface area contributed by atoms with Gasteiger partial charge in [0.05, 0.1) is 6.54 Å². The molecule has 1 unspecified atom stereocenters. The van der Waals surface area contributed by atoms with Gasteiger partial charge in [0.1, 0.15) is 10.9 Å². The third-order valence-corrected chi connectivity index (χ3v) is 7.99. The second-order valence-electron chi connectivity index (χ2n) is 9.08. The first kappa shape index (κ1) is 24.3. The Balaban J connectivity index is 1.59. The van der Waals surface area contributed by atoms with E-state index in [1.165, 1.54) is 4.31 Å². The lowest BCUT2D eigenvalue weighted by Gasteiger charge is -2.41. The molecule has 34 heavy (non-hydrogen) atoms. The number of hydrogen-bond acceptors (Lipinski definition) is 4. The standard InChI is InChI=1S/C24H28ClN5O3S/c1-15(2)9-20-13-29(34(32,33)22-10-18-7-8-19(25)11-21(18)28-22)14-23(31)30(20)12-16-3-5-17(6-4-16)24(26)27/h3-8,10-11,15,20,28H,9,12-14H2,1-2H3,(H3,26,27). The molecule has 0 aliphatic carbocycles. The molecule has 1 aliphatic heterocycles. The van der Waals surface area contributed by atoms with Gasteiger partial charge in [-0.2, -0.15) is 4.31 Å². The van der Waals surface area contributed by atoms with Crippen molar-refractivity contribution in [2.24, 2.45) is 11.7 Å². The van der Waals surface area contributed by atoms with Crippen LogP contribution in [0.2, 0.25) is 5.02 Å². The molecule has 4 rings (SSSR count). The molecule has 10 heteroatoms. The van der Waals surface area contributed by atoms with E-state index in [-0.39, 0.29) is 41.8 Å². The van der Waals surface area contributed by atoms with Crippen molar-refractivity contribution < 1.29 is 13.2 Å². The summed E-state index contributed by atoms with van der Waals surface area (Å²) in [5.41, 5.74) is 7.67. The quantitative estimate of drug-likeness (QED) is 0.338. The number of fused-ring (bicyclic) bond motifs is 1. The number of nitrogens with two attached hydrogens (primary N) is 1. The SMILES string of the molecule is CC(C)CC1CN(S(=O)(=O)c2cc3ccc(Cl)cc3[nH]2)CC(=O)N1Cc1ccc(C(=N)N)cc1. The number of rotatable bonds is 7. The first-order valence-electron chi connectivity index (χ1n) is 11.1. The smallest absolute Gasteiger partial charge is 0.259 e. The van der Waals surface area contributed by atoms with E-state index in [2.05, 4.69) is 18.8 Å². The average Bonchev–Trinajstić information content (AvgIpc) is 3.20. The van der Waals surface area contributed by atoms with E-state index in [0.29, 0.717) is 29.1 Å². The third-order valence-electron chi connectivity index (χ3n) is 6.03. The molecule has 0 saturated carbocycles. The number of carbonyl (C=O) groups is 1. The van der Waals surface area contributed by atoms with Crippen LogP contribution in [0, 0.1) is 11.3 Å². The van der Waals surface area contributed by atoms with Gasteiger partial charge < -0.3 is 15.6 Å². The van der Waals surface area contributed by atoms with Crippen molar-refractivity contribution >= 4 is 44.3 Å². The van der Waals surface area contributed by atoms with Crippen molar-refractivity contribution in [1.82, 2.24) is 14.2 Å². The number of nitrogen functional groups attached to an aromatic ring is 1. The van der Waals surface area contributed by atoms with Gasteiger partial charge in [0.15, 0.2) is 0 Å². The van der Waals surface area contributed by atoms with Crippen LogP contribution in [0.3, 0.4) is 0 Å².